The molecule has 0 aliphatic carbocycles. The molecule has 0 unspecified atom stereocenters. The third kappa shape index (κ3) is 2.79. The highest BCUT2D eigenvalue weighted by Gasteiger charge is 2.56. The number of carbonyl (C=O) groups excluding carboxylic acids is 2. The summed E-state index contributed by atoms with van der Waals surface area (Å²) in [5.41, 5.74) is -2.35. The maximum absolute atomic E-state index is 12.7. The Hall–Kier alpha value is -0.870. The Bertz CT molecular complexity index is 252. The van der Waals surface area contributed by atoms with Gasteiger partial charge in [-0.1, -0.05) is 13.8 Å². The van der Waals surface area contributed by atoms with Gasteiger partial charge in [-0.25, -0.2) is 0 Å². The van der Waals surface area contributed by atoms with Crippen LogP contribution in [0.3, 0.4) is 0 Å². The largest absolute Gasteiger partial charge is 0.401 e. The van der Waals surface area contributed by atoms with Crippen molar-refractivity contribution in [3.63, 3.8) is 0 Å². The standard InChI is InChI=1S/C10H15F3O2/c1-4-9(5-2,10(11,12)13)8(15)6-7(3)14/h4-6H2,1-3H3. The van der Waals surface area contributed by atoms with Crippen LogP contribution < -0.4 is 0 Å². The number of alkyl halides is 3. The van der Waals surface area contributed by atoms with Crippen molar-refractivity contribution < 1.29 is 22.8 Å². The van der Waals surface area contributed by atoms with Gasteiger partial charge in [0.25, 0.3) is 0 Å². The summed E-state index contributed by atoms with van der Waals surface area (Å²) in [6.07, 6.45) is -5.86. The van der Waals surface area contributed by atoms with Crippen LogP contribution in [0.1, 0.15) is 40.0 Å². The molecule has 5 heteroatoms. The first-order valence-electron chi connectivity index (χ1n) is 4.80. The second-order valence-corrected chi connectivity index (χ2v) is 3.59. The summed E-state index contributed by atoms with van der Waals surface area (Å²) in [5, 5.41) is 0. The molecule has 88 valence electrons. The molecule has 2 nitrogen and oxygen atoms in total. The summed E-state index contributed by atoms with van der Waals surface area (Å²) < 4.78 is 38.2. The van der Waals surface area contributed by atoms with Crippen molar-refractivity contribution >= 4 is 11.6 Å². The van der Waals surface area contributed by atoms with E-state index in [1.54, 1.807) is 0 Å². The molecule has 0 atom stereocenters. The second-order valence-electron chi connectivity index (χ2n) is 3.59. The lowest BCUT2D eigenvalue weighted by atomic mass is 9.76. The Morgan fingerprint density at radius 2 is 1.47 bits per heavy atom. The monoisotopic (exact) mass is 224 g/mol. The van der Waals surface area contributed by atoms with Crippen LogP contribution >= 0.6 is 0 Å². The number of hydrogen-bond acceptors (Lipinski definition) is 2. The molecule has 0 saturated heterocycles. The lowest BCUT2D eigenvalue weighted by Gasteiger charge is -2.32. The van der Waals surface area contributed by atoms with E-state index in [0.717, 1.165) is 6.92 Å². The summed E-state index contributed by atoms with van der Waals surface area (Å²) in [6, 6.07) is 0. The Morgan fingerprint density at radius 3 is 1.67 bits per heavy atom. The van der Waals surface area contributed by atoms with Gasteiger partial charge < -0.3 is 0 Å². The van der Waals surface area contributed by atoms with E-state index in [4.69, 9.17) is 0 Å². The fraction of sp³-hybridized carbons (Fsp3) is 0.800. The van der Waals surface area contributed by atoms with Gasteiger partial charge in [-0.05, 0) is 19.8 Å². The molecule has 0 aliphatic heterocycles. The molecular weight excluding hydrogens is 209 g/mol. The van der Waals surface area contributed by atoms with Gasteiger partial charge in [-0.2, -0.15) is 13.2 Å². The Balaban J connectivity index is 5.11. The average Bonchev–Trinajstić information content (AvgIpc) is 2.02. The van der Waals surface area contributed by atoms with E-state index in [-0.39, 0.29) is 12.8 Å². The van der Waals surface area contributed by atoms with Crippen LogP contribution in [-0.4, -0.2) is 17.7 Å². The van der Waals surface area contributed by atoms with Crippen molar-refractivity contribution in [2.45, 2.75) is 46.2 Å². The van der Waals surface area contributed by atoms with Crippen LogP contribution in [0.25, 0.3) is 0 Å². The summed E-state index contributed by atoms with van der Waals surface area (Å²) in [6.45, 7) is 3.74. The minimum atomic E-state index is -4.58. The SMILES string of the molecule is CCC(CC)(C(=O)CC(C)=O)C(F)(F)F. The highest BCUT2D eigenvalue weighted by molar-refractivity contribution is 6.01. The third-order valence-corrected chi connectivity index (χ3v) is 2.69. The van der Waals surface area contributed by atoms with Crippen LogP contribution in [0.2, 0.25) is 0 Å². The van der Waals surface area contributed by atoms with Gasteiger partial charge in [0, 0.05) is 0 Å². The molecule has 0 rings (SSSR count). The van der Waals surface area contributed by atoms with Crippen molar-refractivity contribution in [2.75, 3.05) is 0 Å². The second kappa shape index (κ2) is 4.77. The molecule has 0 fully saturated rings. The van der Waals surface area contributed by atoms with Crippen LogP contribution in [0.5, 0.6) is 0 Å². The predicted molar refractivity (Wildman–Crippen MR) is 49.4 cm³/mol. The van der Waals surface area contributed by atoms with Gasteiger partial charge in [-0.3, -0.25) is 9.59 Å². The molecular formula is C10H15F3O2. The van der Waals surface area contributed by atoms with Crippen LogP contribution in [0.15, 0.2) is 0 Å². The van der Waals surface area contributed by atoms with Gasteiger partial charge in [-0.15, -0.1) is 0 Å². The normalized spacial score (nSPS) is 12.7. The quantitative estimate of drug-likeness (QED) is 0.673. The molecule has 0 N–H and O–H groups in total. The van der Waals surface area contributed by atoms with Crippen LogP contribution in [0, 0.1) is 5.41 Å². The van der Waals surface area contributed by atoms with Gasteiger partial charge in [0.1, 0.15) is 11.2 Å². The first-order chi connectivity index (χ1) is 6.71. The van der Waals surface area contributed by atoms with Crippen LogP contribution in [-0.2, 0) is 9.59 Å². The molecule has 0 aliphatic rings. The van der Waals surface area contributed by atoms with Gasteiger partial charge in [0.2, 0.25) is 0 Å². The van der Waals surface area contributed by atoms with Crippen molar-refractivity contribution in [3.8, 4) is 0 Å². The van der Waals surface area contributed by atoms with Crippen molar-refractivity contribution in [1.29, 1.82) is 0 Å². The van der Waals surface area contributed by atoms with Crippen molar-refractivity contribution in [2.24, 2.45) is 5.41 Å². The molecule has 0 spiro atoms. The summed E-state index contributed by atoms with van der Waals surface area (Å²) in [5.74, 6) is -1.55. The maximum atomic E-state index is 12.7. The third-order valence-electron chi connectivity index (χ3n) is 2.69. The van der Waals surface area contributed by atoms with E-state index in [0.29, 0.717) is 0 Å². The number of hydrogen-bond donors (Lipinski definition) is 0. The Kier molecular flexibility index (Phi) is 4.49. The molecule has 0 bridgehead atoms. The van der Waals surface area contributed by atoms with Crippen molar-refractivity contribution in [1.82, 2.24) is 0 Å². The zero-order valence-corrected chi connectivity index (χ0v) is 9.07. The smallest absolute Gasteiger partial charge is 0.300 e. The first-order valence-corrected chi connectivity index (χ1v) is 4.80. The predicted octanol–water partition coefficient (Wildman–Crippen LogP) is 2.90. The fourth-order valence-corrected chi connectivity index (χ4v) is 1.60. The highest BCUT2D eigenvalue weighted by atomic mass is 19.4. The van der Waals surface area contributed by atoms with Gasteiger partial charge in [0.05, 0.1) is 6.42 Å². The molecule has 0 heterocycles. The molecule has 15 heavy (non-hydrogen) atoms. The van der Waals surface area contributed by atoms with Gasteiger partial charge >= 0.3 is 6.18 Å². The number of halogens is 3. The van der Waals surface area contributed by atoms with Crippen LogP contribution in [0.4, 0.5) is 13.2 Å². The van der Waals surface area contributed by atoms with E-state index in [1.165, 1.54) is 13.8 Å². The topological polar surface area (TPSA) is 34.1 Å². The number of Topliss-reactive ketones (excluding diaryl/α,β-unsaturated/α-hetero) is 2. The maximum Gasteiger partial charge on any atom is 0.401 e. The number of carbonyl (C=O) groups is 2. The molecule has 0 saturated carbocycles. The summed E-state index contributed by atoms with van der Waals surface area (Å²) in [4.78, 5) is 22.1. The molecule has 0 amide bonds. The minimum Gasteiger partial charge on any atom is -0.300 e. The molecule has 0 aromatic heterocycles. The fourth-order valence-electron chi connectivity index (χ4n) is 1.60. The van der Waals surface area contributed by atoms with E-state index in [1.807, 2.05) is 0 Å². The molecule has 0 aromatic carbocycles. The van der Waals surface area contributed by atoms with Gasteiger partial charge in [0.15, 0.2) is 5.78 Å². The molecule has 0 radical (unpaired) electrons. The van der Waals surface area contributed by atoms with E-state index < -0.39 is 29.6 Å². The van der Waals surface area contributed by atoms with Crippen molar-refractivity contribution in [3.05, 3.63) is 0 Å². The number of ketones is 2. The Labute approximate surface area is 86.8 Å². The first kappa shape index (κ1) is 14.1. The highest BCUT2D eigenvalue weighted by Crippen LogP contribution is 2.45. The minimum absolute atomic E-state index is 0.320. The lowest BCUT2D eigenvalue weighted by molar-refractivity contribution is -0.222. The average molecular weight is 224 g/mol. The zero-order chi connectivity index (χ0) is 12.3. The summed E-state index contributed by atoms with van der Waals surface area (Å²) in [7, 11) is 0. The van der Waals surface area contributed by atoms with E-state index >= 15 is 0 Å². The number of rotatable bonds is 5. The summed E-state index contributed by atoms with van der Waals surface area (Å²) >= 11 is 0. The Morgan fingerprint density at radius 1 is 1.07 bits per heavy atom. The van der Waals surface area contributed by atoms with E-state index in [9.17, 15) is 22.8 Å². The molecule has 0 aromatic rings. The lowest BCUT2D eigenvalue weighted by Crippen LogP contribution is -2.44. The zero-order valence-electron chi connectivity index (χ0n) is 9.07. The van der Waals surface area contributed by atoms with E-state index in [2.05, 4.69) is 0 Å².